The van der Waals surface area contributed by atoms with Gasteiger partial charge < -0.3 is 9.88 Å². The van der Waals surface area contributed by atoms with E-state index >= 15 is 0 Å². The molecule has 7 heteroatoms. The van der Waals surface area contributed by atoms with E-state index in [9.17, 15) is 9.59 Å². The van der Waals surface area contributed by atoms with Gasteiger partial charge in [0.2, 0.25) is 5.91 Å². The van der Waals surface area contributed by atoms with Crippen LogP contribution in [0.3, 0.4) is 0 Å². The molecule has 2 heterocycles. The Morgan fingerprint density at radius 2 is 2.15 bits per heavy atom. The van der Waals surface area contributed by atoms with Crippen LogP contribution >= 0.6 is 23.1 Å². The van der Waals surface area contributed by atoms with Crippen LogP contribution in [0.4, 0.5) is 0 Å². The molecule has 0 unspecified atom stereocenters. The van der Waals surface area contributed by atoms with Gasteiger partial charge in [0.15, 0.2) is 5.16 Å². The number of hydrogen-bond acceptors (Lipinski definition) is 5. The Kier molecular flexibility index (Phi) is 5.98. The van der Waals surface area contributed by atoms with Crippen LogP contribution in [0, 0.1) is 5.92 Å². The van der Waals surface area contributed by atoms with Crippen molar-refractivity contribution in [2.45, 2.75) is 31.3 Å². The molecule has 0 fully saturated rings. The van der Waals surface area contributed by atoms with Crippen LogP contribution in [0.25, 0.3) is 10.2 Å². The summed E-state index contributed by atoms with van der Waals surface area (Å²) in [6, 6.07) is 0. The third-order valence-electron chi connectivity index (χ3n) is 4.53. The molecule has 0 saturated heterocycles. The molecule has 138 valence electrons. The molecule has 2 aromatic rings. The van der Waals surface area contributed by atoms with Crippen molar-refractivity contribution >= 4 is 39.2 Å². The van der Waals surface area contributed by atoms with E-state index < -0.39 is 0 Å². The summed E-state index contributed by atoms with van der Waals surface area (Å²) in [5.41, 5.74) is 1.08. The van der Waals surface area contributed by atoms with Crippen molar-refractivity contribution in [2.75, 3.05) is 18.8 Å². The Morgan fingerprint density at radius 3 is 2.85 bits per heavy atom. The highest BCUT2D eigenvalue weighted by Gasteiger charge is 2.23. The highest BCUT2D eigenvalue weighted by Crippen LogP contribution is 2.36. The van der Waals surface area contributed by atoms with E-state index in [-0.39, 0.29) is 17.2 Å². The first kappa shape index (κ1) is 18.9. The Morgan fingerprint density at radius 1 is 1.42 bits per heavy atom. The number of thiophene rings is 1. The Labute approximate surface area is 161 Å². The number of aromatic amines is 1. The van der Waals surface area contributed by atoms with Crippen molar-refractivity contribution in [1.29, 1.82) is 0 Å². The number of carbonyl (C=O) groups excluding carboxylic acids is 1. The summed E-state index contributed by atoms with van der Waals surface area (Å²) in [7, 11) is 0. The lowest BCUT2D eigenvalue weighted by molar-refractivity contribution is -0.127. The van der Waals surface area contributed by atoms with Crippen LogP contribution in [-0.4, -0.2) is 39.6 Å². The molecular formula is C19H23N3O2S2. The first-order valence-corrected chi connectivity index (χ1v) is 10.5. The SMILES string of the molecule is C=CCN(CC=C)C(=O)CSc1nc2sc3c(c2c(=O)[nH]1)CC[C@H](C)C3. The number of thioether (sulfide) groups is 1. The molecule has 1 amide bonds. The van der Waals surface area contributed by atoms with Crippen molar-refractivity contribution in [3.05, 3.63) is 46.1 Å². The molecule has 0 aliphatic heterocycles. The monoisotopic (exact) mass is 389 g/mol. The summed E-state index contributed by atoms with van der Waals surface area (Å²) in [6.45, 7) is 10.5. The zero-order valence-electron chi connectivity index (χ0n) is 14.9. The maximum atomic E-state index is 12.6. The molecular weight excluding hydrogens is 366 g/mol. The predicted octanol–water partition coefficient (Wildman–Crippen LogP) is 3.40. The van der Waals surface area contributed by atoms with Gasteiger partial charge in [0.25, 0.3) is 5.56 Å². The molecule has 3 rings (SSSR count). The average Bonchev–Trinajstić information content (AvgIpc) is 2.97. The first-order valence-electron chi connectivity index (χ1n) is 8.70. The first-order chi connectivity index (χ1) is 12.5. The summed E-state index contributed by atoms with van der Waals surface area (Å²) < 4.78 is 0. The number of carbonyl (C=O) groups is 1. The van der Waals surface area contributed by atoms with Crippen LogP contribution < -0.4 is 5.56 Å². The number of nitrogens with one attached hydrogen (secondary N) is 1. The van der Waals surface area contributed by atoms with Crippen LogP contribution in [0.15, 0.2) is 35.3 Å². The molecule has 1 atom stereocenters. The van der Waals surface area contributed by atoms with Crippen LogP contribution in [0.5, 0.6) is 0 Å². The van der Waals surface area contributed by atoms with Crippen molar-refractivity contribution < 1.29 is 4.79 Å². The van der Waals surface area contributed by atoms with Gasteiger partial charge in [-0.05, 0) is 30.7 Å². The minimum absolute atomic E-state index is 0.0307. The summed E-state index contributed by atoms with van der Waals surface area (Å²) in [5, 5.41) is 1.24. The Hall–Kier alpha value is -1.86. The zero-order chi connectivity index (χ0) is 18.7. The summed E-state index contributed by atoms with van der Waals surface area (Å²) in [6.07, 6.45) is 6.47. The fourth-order valence-corrected chi connectivity index (χ4v) is 5.41. The van der Waals surface area contributed by atoms with Crippen LogP contribution in [-0.2, 0) is 17.6 Å². The number of fused-ring (bicyclic) bond motifs is 3. The fraction of sp³-hybridized carbons (Fsp3) is 0.421. The highest BCUT2D eigenvalue weighted by molar-refractivity contribution is 7.99. The maximum absolute atomic E-state index is 12.6. The van der Waals surface area contributed by atoms with E-state index in [2.05, 4.69) is 30.0 Å². The summed E-state index contributed by atoms with van der Waals surface area (Å²) in [5.74, 6) is 0.844. The van der Waals surface area contributed by atoms with Crippen molar-refractivity contribution in [1.82, 2.24) is 14.9 Å². The molecule has 1 N–H and O–H groups in total. The number of rotatable bonds is 7. The van der Waals surface area contributed by atoms with Gasteiger partial charge in [-0.2, -0.15) is 0 Å². The lowest BCUT2D eigenvalue weighted by Crippen LogP contribution is -2.32. The van der Waals surface area contributed by atoms with Gasteiger partial charge in [0.1, 0.15) is 4.83 Å². The van der Waals surface area contributed by atoms with E-state index in [1.807, 2.05) is 0 Å². The molecule has 26 heavy (non-hydrogen) atoms. The molecule has 1 aliphatic rings. The van der Waals surface area contributed by atoms with Gasteiger partial charge in [-0.15, -0.1) is 24.5 Å². The third-order valence-corrected chi connectivity index (χ3v) is 6.53. The molecule has 0 spiro atoms. The van der Waals surface area contributed by atoms with E-state index in [4.69, 9.17) is 0 Å². The van der Waals surface area contributed by atoms with Crippen molar-refractivity contribution in [3.8, 4) is 0 Å². The number of aryl methyl sites for hydroxylation is 1. The number of nitrogens with zero attached hydrogens (tertiary/aromatic N) is 2. The lowest BCUT2D eigenvalue weighted by atomic mass is 9.89. The van der Waals surface area contributed by atoms with Crippen LogP contribution in [0.2, 0.25) is 0 Å². The largest absolute Gasteiger partial charge is 0.335 e. The minimum Gasteiger partial charge on any atom is -0.335 e. The normalized spacial score (nSPS) is 16.3. The number of amides is 1. The Balaban J connectivity index is 1.79. The quantitative estimate of drug-likeness (QED) is 0.448. The molecule has 0 radical (unpaired) electrons. The van der Waals surface area contributed by atoms with E-state index in [1.54, 1.807) is 28.4 Å². The van der Waals surface area contributed by atoms with E-state index in [1.165, 1.54) is 22.2 Å². The zero-order valence-corrected chi connectivity index (χ0v) is 16.5. The standard InChI is InChI=1S/C19H23N3O2S2/c1-4-8-22(9-5-2)15(23)11-25-19-20-17(24)16-13-7-6-12(3)10-14(13)26-18(16)21-19/h4-5,12H,1-2,6-11H2,3H3,(H,20,21,24)/t12-/m0/s1. The molecule has 1 aliphatic carbocycles. The molecule has 0 bridgehead atoms. The lowest BCUT2D eigenvalue weighted by Gasteiger charge is -2.18. The topological polar surface area (TPSA) is 66.1 Å². The fourth-order valence-electron chi connectivity index (χ4n) is 3.21. The summed E-state index contributed by atoms with van der Waals surface area (Å²) in [4.78, 5) is 36.1. The van der Waals surface area contributed by atoms with E-state index in [0.717, 1.165) is 29.5 Å². The molecule has 0 aromatic carbocycles. The second-order valence-corrected chi connectivity index (χ2v) is 8.62. The van der Waals surface area contributed by atoms with Gasteiger partial charge in [-0.25, -0.2) is 4.98 Å². The predicted molar refractivity (Wildman–Crippen MR) is 109 cm³/mol. The average molecular weight is 390 g/mol. The van der Waals surface area contributed by atoms with Gasteiger partial charge in [-0.1, -0.05) is 30.8 Å². The van der Waals surface area contributed by atoms with E-state index in [0.29, 0.717) is 24.2 Å². The van der Waals surface area contributed by atoms with Crippen molar-refractivity contribution in [3.63, 3.8) is 0 Å². The second kappa shape index (κ2) is 8.22. The number of aromatic nitrogens is 2. The summed E-state index contributed by atoms with van der Waals surface area (Å²) >= 11 is 2.89. The smallest absolute Gasteiger partial charge is 0.260 e. The maximum Gasteiger partial charge on any atom is 0.260 e. The van der Waals surface area contributed by atoms with Gasteiger partial charge in [0, 0.05) is 18.0 Å². The van der Waals surface area contributed by atoms with Crippen molar-refractivity contribution in [2.24, 2.45) is 5.92 Å². The van der Waals surface area contributed by atoms with Gasteiger partial charge >= 0.3 is 0 Å². The highest BCUT2D eigenvalue weighted by atomic mass is 32.2. The van der Waals surface area contributed by atoms with Gasteiger partial charge in [-0.3, -0.25) is 9.59 Å². The minimum atomic E-state index is -0.0916. The number of H-pyrrole nitrogens is 1. The number of hydrogen-bond donors (Lipinski definition) is 1. The van der Waals surface area contributed by atoms with Crippen LogP contribution in [0.1, 0.15) is 23.8 Å². The van der Waals surface area contributed by atoms with Gasteiger partial charge in [0.05, 0.1) is 11.1 Å². The Bertz CT molecular complexity index is 890. The molecule has 2 aromatic heterocycles. The second-order valence-electron chi connectivity index (χ2n) is 6.57. The molecule has 0 saturated carbocycles. The molecule has 5 nitrogen and oxygen atoms in total. The third kappa shape index (κ3) is 3.94.